The van der Waals surface area contributed by atoms with Gasteiger partial charge in [-0.25, -0.2) is 0 Å². The standard InChI is InChI=1S/C23H23N5S2/c29-23-26-25-21(15-18-9-6-8-17-7-2-3-10-20(17)18)28(23)24-16-19-11-12-22(30-19)27-13-4-1-5-14-27/h2-3,6-12,16H,1,4-5,13-15H2,(H,26,29)/b24-16+. The Morgan fingerprint density at radius 2 is 1.87 bits per heavy atom. The van der Waals surface area contributed by atoms with Crippen molar-refractivity contribution in [1.29, 1.82) is 0 Å². The molecule has 3 heterocycles. The van der Waals surface area contributed by atoms with Gasteiger partial charge >= 0.3 is 0 Å². The van der Waals surface area contributed by atoms with Gasteiger partial charge in [0.2, 0.25) is 4.77 Å². The lowest BCUT2D eigenvalue weighted by Crippen LogP contribution is -2.28. The van der Waals surface area contributed by atoms with Crippen LogP contribution in [0, 0.1) is 4.77 Å². The van der Waals surface area contributed by atoms with Gasteiger partial charge in [0.25, 0.3) is 0 Å². The summed E-state index contributed by atoms with van der Waals surface area (Å²) in [5.74, 6) is 0.806. The Labute approximate surface area is 184 Å². The van der Waals surface area contributed by atoms with Gasteiger partial charge in [-0.1, -0.05) is 42.5 Å². The summed E-state index contributed by atoms with van der Waals surface area (Å²) in [5.41, 5.74) is 1.21. The minimum atomic E-state index is 0.509. The molecule has 4 aromatic rings. The van der Waals surface area contributed by atoms with Crippen LogP contribution >= 0.6 is 23.6 Å². The van der Waals surface area contributed by atoms with E-state index in [1.54, 1.807) is 16.0 Å². The quantitative estimate of drug-likeness (QED) is 0.328. The maximum atomic E-state index is 5.43. The lowest BCUT2D eigenvalue weighted by molar-refractivity contribution is 0.580. The summed E-state index contributed by atoms with van der Waals surface area (Å²) in [6.45, 7) is 2.30. The minimum absolute atomic E-state index is 0.509. The van der Waals surface area contributed by atoms with Gasteiger partial charge < -0.3 is 4.90 Å². The fourth-order valence-electron chi connectivity index (χ4n) is 3.99. The predicted octanol–water partition coefficient (Wildman–Crippen LogP) is 5.62. The minimum Gasteiger partial charge on any atom is -0.363 e. The highest BCUT2D eigenvalue weighted by molar-refractivity contribution is 7.71. The fraction of sp³-hybridized carbons (Fsp3) is 0.261. The Kier molecular flexibility index (Phi) is 5.46. The number of anilines is 1. The maximum absolute atomic E-state index is 5.43. The van der Waals surface area contributed by atoms with Gasteiger partial charge in [-0.05, 0) is 59.9 Å². The van der Waals surface area contributed by atoms with Crippen LogP contribution in [0.15, 0.2) is 59.7 Å². The van der Waals surface area contributed by atoms with E-state index in [0.29, 0.717) is 11.2 Å². The number of aromatic nitrogens is 3. The zero-order valence-electron chi connectivity index (χ0n) is 16.6. The molecule has 0 spiro atoms. The molecule has 0 aliphatic carbocycles. The Morgan fingerprint density at radius 3 is 2.77 bits per heavy atom. The van der Waals surface area contributed by atoms with Crippen molar-refractivity contribution in [3.05, 3.63) is 75.6 Å². The van der Waals surface area contributed by atoms with E-state index < -0.39 is 0 Å². The number of benzene rings is 2. The first-order valence-electron chi connectivity index (χ1n) is 10.3. The van der Waals surface area contributed by atoms with Crippen LogP contribution < -0.4 is 4.90 Å². The number of rotatable bonds is 5. The van der Waals surface area contributed by atoms with Gasteiger partial charge in [-0.2, -0.15) is 14.9 Å². The molecule has 1 saturated heterocycles. The molecule has 0 amide bonds. The second kappa shape index (κ2) is 8.53. The second-order valence-corrected chi connectivity index (χ2v) is 9.02. The van der Waals surface area contributed by atoms with Crippen molar-refractivity contribution >= 4 is 45.5 Å². The molecule has 0 bridgehead atoms. The van der Waals surface area contributed by atoms with Crippen molar-refractivity contribution in [2.45, 2.75) is 25.7 Å². The summed E-state index contributed by atoms with van der Waals surface area (Å²) < 4.78 is 2.24. The molecule has 1 aliphatic rings. The first kappa shape index (κ1) is 19.2. The second-order valence-electron chi connectivity index (χ2n) is 7.54. The van der Waals surface area contributed by atoms with Gasteiger partial charge in [0, 0.05) is 24.4 Å². The number of hydrogen-bond donors (Lipinski definition) is 1. The average molecular weight is 434 g/mol. The first-order valence-corrected chi connectivity index (χ1v) is 11.5. The molecule has 0 radical (unpaired) electrons. The number of nitrogens with one attached hydrogen (secondary N) is 1. The molecular weight excluding hydrogens is 410 g/mol. The van der Waals surface area contributed by atoms with Crippen LogP contribution in [0.5, 0.6) is 0 Å². The number of aromatic amines is 1. The largest absolute Gasteiger partial charge is 0.363 e. The third-order valence-corrected chi connectivity index (χ3v) is 6.87. The van der Waals surface area contributed by atoms with Crippen molar-refractivity contribution in [2.24, 2.45) is 5.10 Å². The van der Waals surface area contributed by atoms with Crippen LogP contribution in [0.3, 0.4) is 0 Å². The molecule has 1 aliphatic heterocycles. The van der Waals surface area contributed by atoms with Crippen molar-refractivity contribution in [1.82, 2.24) is 14.9 Å². The molecule has 30 heavy (non-hydrogen) atoms. The summed E-state index contributed by atoms with van der Waals surface area (Å²) >= 11 is 7.21. The zero-order chi connectivity index (χ0) is 20.3. The number of nitrogens with zero attached hydrogens (tertiary/aromatic N) is 4. The molecule has 5 nitrogen and oxygen atoms in total. The fourth-order valence-corrected chi connectivity index (χ4v) is 5.11. The monoisotopic (exact) mass is 433 g/mol. The topological polar surface area (TPSA) is 49.2 Å². The predicted molar refractivity (Wildman–Crippen MR) is 128 cm³/mol. The van der Waals surface area contributed by atoms with E-state index in [0.717, 1.165) is 23.8 Å². The van der Waals surface area contributed by atoms with Gasteiger partial charge in [0.1, 0.15) is 0 Å². The van der Waals surface area contributed by atoms with E-state index in [2.05, 4.69) is 74.8 Å². The number of H-pyrrole nitrogens is 1. The summed E-state index contributed by atoms with van der Waals surface area (Å²) in [5, 5.41) is 15.8. The smallest absolute Gasteiger partial charge is 0.216 e. The third-order valence-electron chi connectivity index (χ3n) is 5.53. The molecule has 1 N–H and O–H groups in total. The van der Waals surface area contributed by atoms with Gasteiger partial charge in [0.05, 0.1) is 11.2 Å². The molecule has 152 valence electrons. The molecule has 0 saturated carbocycles. The Hall–Kier alpha value is -2.77. The lowest BCUT2D eigenvalue weighted by Gasteiger charge is -2.27. The van der Waals surface area contributed by atoms with Crippen molar-refractivity contribution < 1.29 is 0 Å². The van der Waals surface area contributed by atoms with E-state index in [1.807, 2.05) is 6.21 Å². The molecule has 2 aromatic heterocycles. The zero-order valence-corrected chi connectivity index (χ0v) is 18.3. The average Bonchev–Trinajstić information content (AvgIpc) is 3.40. The van der Waals surface area contributed by atoms with Crippen molar-refractivity contribution in [2.75, 3.05) is 18.0 Å². The Balaban J connectivity index is 1.39. The molecular formula is C23H23N5S2. The van der Waals surface area contributed by atoms with Gasteiger partial charge in [0.15, 0.2) is 5.82 Å². The summed E-state index contributed by atoms with van der Waals surface area (Å²) in [4.78, 5) is 3.59. The van der Waals surface area contributed by atoms with Crippen LogP contribution in [0.2, 0.25) is 0 Å². The van der Waals surface area contributed by atoms with Gasteiger partial charge in [-0.3, -0.25) is 5.10 Å². The summed E-state index contributed by atoms with van der Waals surface area (Å²) in [6.07, 6.45) is 6.45. The molecule has 0 unspecified atom stereocenters. The highest BCUT2D eigenvalue weighted by atomic mass is 32.1. The Morgan fingerprint density at radius 1 is 1.03 bits per heavy atom. The highest BCUT2D eigenvalue weighted by Gasteiger charge is 2.13. The van der Waals surface area contributed by atoms with E-state index in [-0.39, 0.29) is 0 Å². The normalized spacial score (nSPS) is 14.7. The van der Waals surface area contributed by atoms with Crippen LogP contribution in [-0.4, -0.2) is 34.2 Å². The van der Waals surface area contributed by atoms with E-state index in [1.165, 1.54) is 40.6 Å². The first-order chi connectivity index (χ1) is 14.8. The molecule has 5 rings (SSSR count). The van der Waals surface area contributed by atoms with Crippen molar-refractivity contribution in [3.63, 3.8) is 0 Å². The SMILES string of the molecule is S=c1[nH]nc(Cc2cccc3ccccc23)n1/N=C/c1ccc(N2CCCCC2)s1. The maximum Gasteiger partial charge on any atom is 0.216 e. The van der Waals surface area contributed by atoms with Crippen LogP contribution in [0.1, 0.15) is 35.5 Å². The summed E-state index contributed by atoms with van der Waals surface area (Å²) in [7, 11) is 0. The number of thiophene rings is 1. The number of piperidine rings is 1. The Bertz CT molecular complexity index is 1240. The van der Waals surface area contributed by atoms with Crippen LogP contribution in [0.4, 0.5) is 5.00 Å². The lowest BCUT2D eigenvalue weighted by atomic mass is 10.0. The number of fused-ring (bicyclic) bond motifs is 1. The molecule has 1 fully saturated rings. The van der Waals surface area contributed by atoms with Crippen molar-refractivity contribution in [3.8, 4) is 0 Å². The van der Waals surface area contributed by atoms with Crippen LogP contribution in [-0.2, 0) is 6.42 Å². The molecule has 0 atom stereocenters. The molecule has 7 heteroatoms. The van der Waals surface area contributed by atoms with E-state index >= 15 is 0 Å². The third kappa shape index (κ3) is 3.95. The van der Waals surface area contributed by atoms with E-state index in [4.69, 9.17) is 12.2 Å². The highest BCUT2D eigenvalue weighted by Crippen LogP contribution is 2.28. The van der Waals surface area contributed by atoms with E-state index in [9.17, 15) is 0 Å². The summed E-state index contributed by atoms with van der Waals surface area (Å²) in [6, 6.07) is 19.1. The molecule has 2 aromatic carbocycles. The van der Waals surface area contributed by atoms with Gasteiger partial charge in [-0.15, -0.1) is 11.3 Å². The number of hydrogen-bond acceptors (Lipinski definition) is 5. The van der Waals surface area contributed by atoms with Crippen LogP contribution in [0.25, 0.3) is 10.8 Å².